The van der Waals surface area contributed by atoms with Crippen LogP contribution in [0.25, 0.3) is 11.1 Å². The Hall–Kier alpha value is -1.71. The standard InChI is InChI=1S/C19H26N2O/c1-19(2,3)11-18(14-22)21-12-15-6-4-7-16(10-15)17-8-5-9-20-13-17/h4-10,13,18,21-22H,11-12,14H2,1-3H3. The van der Waals surface area contributed by atoms with Gasteiger partial charge in [0.2, 0.25) is 0 Å². The molecule has 2 N–H and O–H groups in total. The number of hydrogen-bond acceptors (Lipinski definition) is 3. The Morgan fingerprint density at radius 2 is 1.91 bits per heavy atom. The van der Waals surface area contributed by atoms with Crippen LogP contribution in [-0.4, -0.2) is 22.7 Å². The first-order chi connectivity index (χ1) is 10.5. The number of aliphatic hydroxyl groups is 1. The lowest BCUT2D eigenvalue weighted by molar-refractivity contribution is 0.198. The van der Waals surface area contributed by atoms with Gasteiger partial charge >= 0.3 is 0 Å². The van der Waals surface area contributed by atoms with Crippen molar-refractivity contribution in [3.05, 3.63) is 54.4 Å². The van der Waals surface area contributed by atoms with Gasteiger partial charge in [-0.25, -0.2) is 0 Å². The number of aliphatic hydroxyl groups excluding tert-OH is 1. The summed E-state index contributed by atoms with van der Waals surface area (Å²) in [6, 6.07) is 12.6. The largest absolute Gasteiger partial charge is 0.395 e. The van der Waals surface area contributed by atoms with Gasteiger partial charge in [0.05, 0.1) is 6.61 Å². The van der Waals surface area contributed by atoms with Gasteiger partial charge in [-0.05, 0) is 40.7 Å². The molecule has 0 bridgehead atoms. The highest BCUT2D eigenvalue weighted by Crippen LogP contribution is 2.22. The van der Waals surface area contributed by atoms with E-state index in [2.05, 4.69) is 61.4 Å². The molecule has 0 spiro atoms. The van der Waals surface area contributed by atoms with Gasteiger partial charge < -0.3 is 10.4 Å². The van der Waals surface area contributed by atoms with Crippen LogP contribution in [0.3, 0.4) is 0 Å². The smallest absolute Gasteiger partial charge is 0.0584 e. The Bertz CT molecular complexity index is 575. The zero-order valence-electron chi connectivity index (χ0n) is 13.7. The third-order valence-corrected chi connectivity index (χ3v) is 3.60. The molecular weight excluding hydrogens is 272 g/mol. The maximum absolute atomic E-state index is 9.53. The summed E-state index contributed by atoms with van der Waals surface area (Å²) in [6.45, 7) is 7.51. The minimum atomic E-state index is 0.127. The predicted octanol–water partition coefficient (Wildman–Crippen LogP) is 3.64. The predicted molar refractivity (Wildman–Crippen MR) is 91.5 cm³/mol. The Balaban J connectivity index is 2.01. The number of rotatable bonds is 6. The summed E-state index contributed by atoms with van der Waals surface area (Å²) in [5.41, 5.74) is 3.72. The number of benzene rings is 1. The molecule has 0 fully saturated rings. The van der Waals surface area contributed by atoms with Gasteiger partial charge in [-0.2, -0.15) is 0 Å². The van der Waals surface area contributed by atoms with Crippen molar-refractivity contribution in [2.75, 3.05) is 6.61 Å². The highest BCUT2D eigenvalue weighted by molar-refractivity contribution is 5.62. The number of nitrogens with one attached hydrogen (secondary N) is 1. The van der Waals surface area contributed by atoms with Crippen LogP contribution in [0.1, 0.15) is 32.8 Å². The highest BCUT2D eigenvalue weighted by atomic mass is 16.3. The molecule has 0 aliphatic rings. The average molecular weight is 298 g/mol. The zero-order valence-corrected chi connectivity index (χ0v) is 13.7. The van der Waals surface area contributed by atoms with E-state index in [4.69, 9.17) is 0 Å². The number of pyridine rings is 1. The van der Waals surface area contributed by atoms with Crippen molar-refractivity contribution >= 4 is 0 Å². The SMILES string of the molecule is CC(C)(C)CC(CO)NCc1cccc(-c2cccnc2)c1. The molecule has 1 atom stereocenters. The van der Waals surface area contributed by atoms with Crippen LogP contribution in [0.4, 0.5) is 0 Å². The molecule has 0 radical (unpaired) electrons. The molecule has 3 nitrogen and oxygen atoms in total. The molecule has 118 valence electrons. The van der Waals surface area contributed by atoms with Gasteiger partial charge in [0.15, 0.2) is 0 Å². The lowest BCUT2D eigenvalue weighted by atomic mass is 9.88. The molecule has 2 rings (SSSR count). The summed E-state index contributed by atoms with van der Waals surface area (Å²) in [4.78, 5) is 4.17. The summed E-state index contributed by atoms with van der Waals surface area (Å²) in [5.74, 6) is 0. The third-order valence-electron chi connectivity index (χ3n) is 3.60. The summed E-state index contributed by atoms with van der Waals surface area (Å²) in [6.07, 6.45) is 4.61. The molecule has 0 amide bonds. The monoisotopic (exact) mass is 298 g/mol. The van der Waals surface area contributed by atoms with E-state index in [1.165, 1.54) is 11.1 Å². The maximum atomic E-state index is 9.53. The van der Waals surface area contributed by atoms with E-state index < -0.39 is 0 Å². The molecule has 1 aromatic heterocycles. The molecule has 3 heteroatoms. The van der Waals surface area contributed by atoms with Crippen molar-refractivity contribution < 1.29 is 5.11 Å². The fourth-order valence-corrected chi connectivity index (χ4v) is 2.60. The molecular formula is C19H26N2O. The normalized spacial score (nSPS) is 13.1. The molecule has 0 saturated carbocycles. The lowest BCUT2D eigenvalue weighted by Crippen LogP contribution is -2.35. The van der Waals surface area contributed by atoms with Gasteiger partial charge in [-0.3, -0.25) is 4.98 Å². The van der Waals surface area contributed by atoms with Gasteiger partial charge in [0, 0.05) is 25.0 Å². The van der Waals surface area contributed by atoms with E-state index in [0.717, 1.165) is 18.5 Å². The minimum absolute atomic E-state index is 0.127. The lowest BCUT2D eigenvalue weighted by Gasteiger charge is -2.25. The second kappa shape index (κ2) is 7.52. The van der Waals surface area contributed by atoms with E-state index >= 15 is 0 Å². The van der Waals surface area contributed by atoms with Crippen molar-refractivity contribution in [2.45, 2.75) is 39.8 Å². The minimum Gasteiger partial charge on any atom is -0.395 e. The van der Waals surface area contributed by atoms with Gasteiger partial charge in [-0.1, -0.05) is 45.0 Å². The number of hydrogen-bond donors (Lipinski definition) is 2. The quantitative estimate of drug-likeness (QED) is 0.856. The fourth-order valence-electron chi connectivity index (χ4n) is 2.60. The summed E-state index contributed by atoms with van der Waals surface area (Å²) in [7, 11) is 0. The first-order valence-electron chi connectivity index (χ1n) is 7.81. The summed E-state index contributed by atoms with van der Waals surface area (Å²) in [5, 5.41) is 13.0. The zero-order chi connectivity index (χ0) is 16.0. The van der Waals surface area contributed by atoms with E-state index in [1.807, 2.05) is 12.3 Å². The van der Waals surface area contributed by atoms with Crippen LogP contribution >= 0.6 is 0 Å². The van der Waals surface area contributed by atoms with Crippen LogP contribution in [0.15, 0.2) is 48.8 Å². The van der Waals surface area contributed by atoms with Crippen LogP contribution < -0.4 is 5.32 Å². The summed E-state index contributed by atoms with van der Waals surface area (Å²) < 4.78 is 0. The van der Waals surface area contributed by atoms with Crippen LogP contribution in [0, 0.1) is 5.41 Å². The molecule has 22 heavy (non-hydrogen) atoms. The Morgan fingerprint density at radius 1 is 1.14 bits per heavy atom. The average Bonchev–Trinajstić information content (AvgIpc) is 2.51. The molecule has 0 saturated heterocycles. The van der Waals surface area contributed by atoms with Crippen molar-refractivity contribution in [1.82, 2.24) is 10.3 Å². The third kappa shape index (κ3) is 5.24. The first-order valence-corrected chi connectivity index (χ1v) is 7.81. The number of nitrogens with zero attached hydrogens (tertiary/aromatic N) is 1. The van der Waals surface area contributed by atoms with Crippen LogP contribution in [-0.2, 0) is 6.54 Å². The maximum Gasteiger partial charge on any atom is 0.0584 e. The van der Waals surface area contributed by atoms with Crippen molar-refractivity contribution in [2.24, 2.45) is 5.41 Å². The van der Waals surface area contributed by atoms with Gasteiger partial charge in [0.25, 0.3) is 0 Å². The van der Waals surface area contributed by atoms with Crippen LogP contribution in [0.2, 0.25) is 0 Å². The fraction of sp³-hybridized carbons (Fsp3) is 0.421. The first kappa shape index (κ1) is 16.7. The van der Waals surface area contributed by atoms with Gasteiger partial charge in [-0.15, -0.1) is 0 Å². The van der Waals surface area contributed by atoms with Crippen molar-refractivity contribution in [3.8, 4) is 11.1 Å². The molecule has 1 heterocycles. The number of aromatic nitrogens is 1. The second-order valence-electron chi connectivity index (χ2n) is 6.97. The topological polar surface area (TPSA) is 45.1 Å². The van der Waals surface area contributed by atoms with E-state index in [-0.39, 0.29) is 18.1 Å². The second-order valence-corrected chi connectivity index (χ2v) is 6.97. The van der Waals surface area contributed by atoms with Gasteiger partial charge in [0.1, 0.15) is 0 Å². The van der Waals surface area contributed by atoms with E-state index in [9.17, 15) is 5.11 Å². The Morgan fingerprint density at radius 3 is 2.55 bits per heavy atom. The molecule has 0 aliphatic heterocycles. The molecule has 2 aromatic rings. The van der Waals surface area contributed by atoms with Crippen molar-refractivity contribution in [1.29, 1.82) is 0 Å². The molecule has 0 aliphatic carbocycles. The van der Waals surface area contributed by atoms with Crippen LogP contribution in [0.5, 0.6) is 0 Å². The van der Waals surface area contributed by atoms with E-state index in [0.29, 0.717) is 0 Å². The van der Waals surface area contributed by atoms with E-state index in [1.54, 1.807) is 6.20 Å². The molecule has 1 aromatic carbocycles. The summed E-state index contributed by atoms with van der Waals surface area (Å²) >= 11 is 0. The molecule has 1 unspecified atom stereocenters. The van der Waals surface area contributed by atoms with Crippen molar-refractivity contribution in [3.63, 3.8) is 0 Å². The highest BCUT2D eigenvalue weighted by Gasteiger charge is 2.17. The Labute approximate surface area is 133 Å². The Kier molecular flexibility index (Phi) is 5.69.